The fourth-order valence-electron chi connectivity index (χ4n) is 1.96. The van der Waals surface area contributed by atoms with Crippen molar-refractivity contribution in [2.75, 3.05) is 0 Å². The number of hydrogen-bond acceptors (Lipinski definition) is 2. The SMILES string of the molecule is C[Si][Si](C)(CCCCC(=O)O)CCCCC(=O)O. The molecule has 0 unspecified atom stereocenters. The van der Waals surface area contributed by atoms with Crippen LogP contribution in [0.15, 0.2) is 0 Å². The fraction of sp³-hybridized carbons (Fsp3) is 0.833. The van der Waals surface area contributed by atoms with Crippen LogP contribution in [-0.4, -0.2) is 38.8 Å². The normalized spacial score (nSPS) is 11.4. The molecule has 0 aromatic carbocycles. The van der Waals surface area contributed by atoms with E-state index in [9.17, 15) is 9.59 Å². The Morgan fingerprint density at radius 3 is 1.61 bits per heavy atom. The summed E-state index contributed by atoms with van der Waals surface area (Å²) in [6.07, 6.45) is 4.12. The Kier molecular flexibility index (Phi) is 9.00. The first kappa shape index (κ1) is 17.4. The lowest BCUT2D eigenvalue weighted by Crippen LogP contribution is -2.36. The van der Waals surface area contributed by atoms with E-state index in [4.69, 9.17) is 10.2 Å². The summed E-state index contributed by atoms with van der Waals surface area (Å²) >= 11 is 0. The van der Waals surface area contributed by atoms with Crippen LogP contribution in [0.25, 0.3) is 0 Å². The molecule has 6 heteroatoms. The van der Waals surface area contributed by atoms with Crippen molar-refractivity contribution in [1.29, 1.82) is 0 Å². The fourth-order valence-corrected chi connectivity index (χ4v) is 7.33. The lowest BCUT2D eigenvalue weighted by Gasteiger charge is -2.25. The molecule has 18 heavy (non-hydrogen) atoms. The van der Waals surface area contributed by atoms with Crippen LogP contribution in [0.5, 0.6) is 0 Å². The first-order valence-electron chi connectivity index (χ1n) is 6.52. The van der Waals surface area contributed by atoms with Crippen LogP contribution in [0, 0.1) is 0 Å². The first-order chi connectivity index (χ1) is 8.39. The second-order valence-electron chi connectivity index (χ2n) is 5.01. The summed E-state index contributed by atoms with van der Waals surface area (Å²) in [6.45, 7) is 4.60. The third-order valence-electron chi connectivity index (χ3n) is 3.34. The largest absolute Gasteiger partial charge is 0.481 e. The summed E-state index contributed by atoms with van der Waals surface area (Å²) in [5, 5.41) is 17.2. The monoisotopic (exact) mass is 288 g/mol. The van der Waals surface area contributed by atoms with Crippen molar-refractivity contribution in [2.24, 2.45) is 0 Å². The van der Waals surface area contributed by atoms with Gasteiger partial charge in [0.15, 0.2) is 0 Å². The Morgan fingerprint density at radius 1 is 0.944 bits per heavy atom. The predicted octanol–water partition coefficient (Wildman–Crippen LogP) is 2.82. The third-order valence-corrected chi connectivity index (χ3v) is 12.6. The molecule has 0 aromatic heterocycles. The highest BCUT2D eigenvalue weighted by Gasteiger charge is 2.24. The molecule has 0 saturated carbocycles. The molecule has 0 spiro atoms. The van der Waals surface area contributed by atoms with E-state index in [1.165, 1.54) is 12.1 Å². The highest BCUT2D eigenvalue weighted by molar-refractivity contribution is 7.23. The van der Waals surface area contributed by atoms with Crippen LogP contribution in [-0.2, 0) is 9.59 Å². The first-order valence-corrected chi connectivity index (χ1v) is 11.9. The Labute approximate surface area is 112 Å². The molecular formula is C12H24O4Si2. The van der Waals surface area contributed by atoms with Gasteiger partial charge >= 0.3 is 11.9 Å². The topological polar surface area (TPSA) is 74.6 Å². The number of carboxylic acid groups (broad SMARTS) is 2. The minimum atomic E-state index is -1.23. The third kappa shape index (κ3) is 9.41. The maximum absolute atomic E-state index is 10.4. The van der Waals surface area contributed by atoms with E-state index in [-0.39, 0.29) is 12.8 Å². The van der Waals surface area contributed by atoms with Crippen LogP contribution in [0.4, 0.5) is 0 Å². The average Bonchev–Trinajstić information content (AvgIpc) is 2.30. The van der Waals surface area contributed by atoms with E-state index in [0.717, 1.165) is 34.7 Å². The van der Waals surface area contributed by atoms with E-state index in [0.29, 0.717) is 0 Å². The summed E-state index contributed by atoms with van der Waals surface area (Å²) in [4.78, 5) is 20.9. The molecule has 0 atom stereocenters. The van der Waals surface area contributed by atoms with Crippen LogP contribution >= 0.6 is 0 Å². The molecule has 104 valence electrons. The van der Waals surface area contributed by atoms with Crippen LogP contribution in [0.1, 0.15) is 38.5 Å². The molecule has 0 rings (SSSR count). The zero-order valence-corrected chi connectivity index (χ0v) is 13.4. The lowest BCUT2D eigenvalue weighted by molar-refractivity contribution is -0.138. The standard InChI is InChI=1S/C12H24O4Si2/c1-17-18(2,9-5-3-7-11(13)14)10-6-4-8-12(15)16/h3-10H2,1-2H3,(H,13,14)(H,15,16). The number of aliphatic carboxylic acids is 2. The van der Waals surface area contributed by atoms with Gasteiger partial charge in [-0.15, -0.1) is 0 Å². The van der Waals surface area contributed by atoms with Crippen LogP contribution < -0.4 is 0 Å². The molecule has 0 aliphatic carbocycles. The van der Waals surface area contributed by atoms with E-state index in [1.807, 2.05) is 0 Å². The summed E-state index contributed by atoms with van der Waals surface area (Å²) in [7, 11) is -0.268. The van der Waals surface area contributed by atoms with Gasteiger partial charge in [-0.2, -0.15) is 0 Å². The Bertz CT molecular complexity index is 247. The summed E-state index contributed by atoms with van der Waals surface area (Å²) in [5.74, 6) is -1.42. The van der Waals surface area contributed by atoms with Gasteiger partial charge in [0.05, 0.1) is 0 Å². The van der Waals surface area contributed by atoms with Gasteiger partial charge < -0.3 is 10.2 Å². The summed E-state index contributed by atoms with van der Waals surface area (Å²) in [5.41, 5.74) is 0. The molecule has 4 nitrogen and oxygen atoms in total. The molecule has 2 N–H and O–H groups in total. The molecule has 2 radical (unpaired) electrons. The van der Waals surface area contributed by atoms with Crippen LogP contribution in [0.3, 0.4) is 0 Å². The number of carboxylic acids is 2. The molecule has 0 saturated heterocycles. The Hall–Kier alpha value is -0.626. The molecule has 0 heterocycles. The van der Waals surface area contributed by atoms with E-state index < -0.39 is 19.5 Å². The summed E-state index contributed by atoms with van der Waals surface area (Å²) in [6, 6.07) is 2.37. The number of hydrogen-bond donors (Lipinski definition) is 2. The van der Waals surface area contributed by atoms with Gasteiger partial charge in [0.25, 0.3) is 0 Å². The molecule has 0 aromatic rings. The molecule has 0 amide bonds. The predicted molar refractivity (Wildman–Crippen MR) is 75.8 cm³/mol. The lowest BCUT2D eigenvalue weighted by atomic mass is 10.2. The molecule has 0 fully saturated rings. The van der Waals surface area contributed by atoms with E-state index >= 15 is 0 Å². The van der Waals surface area contributed by atoms with Gasteiger partial charge in [0.1, 0.15) is 0 Å². The van der Waals surface area contributed by atoms with Gasteiger partial charge in [-0.1, -0.05) is 38.0 Å². The van der Waals surface area contributed by atoms with Gasteiger partial charge in [0, 0.05) is 29.5 Å². The number of unbranched alkanes of at least 4 members (excludes halogenated alkanes) is 2. The second-order valence-corrected chi connectivity index (χ2v) is 14.8. The van der Waals surface area contributed by atoms with Crippen LogP contribution in [0.2, 0.25) is 25.2 Å². The smallest absolute Gasteiger partial charge is 0.303 e. The Morgan fingerprint density at radius 2 is 1.33 bits per heavy atom. The van der Waals surface area contributed by atoms with E-state index in [1.54, 1.807) is 0 Å². The molecule has 0 bridgehead atoms. The minimum Gasteiger partial charge on any atom is -0.481 e. The Balaban J connectivity index is 3.80. The van der Waals surface area contributed by atoms with Crippen molar-refractivity contribution < 1.29 is 19.8 Å². The number of rotatable bonds is 11. The average molecular weight is 288 g/mol. The quantitative estimate of drug-likeness (QED) is 0.453. The van der Waals surface area contributed by atoms with Crippen molar-refractivity contribution in [3.8, 4) is 0 Å². The van der Waals surface area contributed by atoms with Gasteiger partial charge in [0.2, 0.25) is 0 Å². The van der Waals surface area contributed by atoms with Gasteiger partial charge in [-0.25, -0.2) is 0 Å². The molecule has 0 aliphatic rings. The maximum atomic E-state index is 10.4. The van der Waals surface area contributed by atoms with Crippen molar-refractivity contribution in [2.45, 2.75) is 63.7 Å². The van der Waals surface area contributed by atoms with Crippen molar-refractivity contribution in [3.63, 3.8) is 0 Å². The zero-order valence-electron chi connectivity index (χ0n) is 11.4. The maximum Gasteiger partial charge on any atom is 0.303 e. The van der Waals surface area contributed by atoms with E-state index in [2.05, 4.69) is 13.1 Å². The number of carbonyl (C=O) groups is 2. The van der Waals surface area contributed by atoms with Gasteiger partial charge in [-0.05, 0) is 12.8 Å². The van der Waals surface area contributed by atoms with Crippen molar-refractivity contribution >= 4 is 28.6 Å². The minimum absolute atomic E-state index is 0.274. The molecule has 0 aliphatic heterocycles. The van der Waals surface area contributed by atoms with Gasteiger partial charge in [-0.3, -0.25) is 9.59 Å². The highest BCUT2D eigenvalue weighted by atomic mass is 29.2. The second kappa shape index (κ2) is 9.32. The summed E-state index contributed by atoms with van der Waals surface area (Å²) < 4.78 is 0. The zero-order chi connectivity index (χ0) is 14.0. The van der Waals surface area contributed by atoms with Crippen molar-refractivity contribution in [1.82, 2.24) is 0 Å². The van der Waals surface area contributed by atoms with Crippen molar-refractivity contribution in [3.05, 3.63) is 0 Å². The highest BCUT2D eigenvalue weighted by Crippen LogP contribution is 2.21. The molecular weight excluding hydrogens is 264 g/mol.